The minimum absolute atomic E-state index is 0.0923. The Bertz CT molecular complexity index is 388. The molecule has 0 bridgehead atoms. The van der Waals surface area contributed by atoms with E-state index in [-0.39, 0.29) is 5.91 Å². The molecular weight excluding hydrogens is 316 g/mol. The molecule has 0 aromatic heterocycles. The molecular formula is C13H18BrClN2O. The van der Waals surface area contributed by atoms with Gasteiger partial charge in [0.1, 0.15) is 0 Å². The average molecular weight is 334 g/mol. The zero-order chi connectivity index (χ0) is 13.5. The van der Waals surface area contributed by atoms with Crippen molar-refractivity contribution in [1.29, 1.82) is 0 Å². The van der Waals surface area contributed by atoms with Crippen LogP contribution in [0.5, 0.6) is 0 Å². The van der Waals surface area contributed by atoms with Crippen molar-refractivity contribution in [2.24, 2.45) is 0 Å². The Morgan fingerprint density at radius 2 is 2.00 bits per heavy atom. The smallest absolute Gasteiger partial charge is 0.251 e. The van der Waals surface area contributed by atoms with Gasteiger partial charge in [0.15, 0.2) is 0 Å². The molecule has 0 atom stereocenters. The van der Waals surface area contributed by atoms with Gasteiger partial charge in [-0.3, -0.25) is 4.79 Å². The number of halogens is 2. The Morgan fingerprint density at radius 3 is 2.56 bits per heavy atom. The molecule has 1 aromatic rings. The van der Waals surface area contributed by atoms with Crippen LogP contribution in [0.2, 0.25) is 5.02 Å². The molecule has 0 fully saturated rings. The Hall–Kier alpha value is -0.580. The topological polar surface area (TPSA) is 32.3 Å². The molecule has 100 valence electrons. The maximum atomic E-state index is 11.9. The molecule has 0 aliphatic heterocycles. The van der Waals surface area contributed by atoms with Crippen LogP contribution in [0.3, 0.4) is 0 Å². The highest BCUT2D eigenvalue weighted by atomic mass is 79.9. The minimum Gasteiger partial charge on any atom is -0.351 e. The van der Waals surface area contributed by atoms with E-state index in [4.69, 9.17) is 11.6 Å². The van der Waals surface area contributed by atoms with Crippen LogP contribution in [0.1, 0.15) is 24.2 Å². The third kappa shape index (κ3) is 4.96. The first-order valence-corrected chi connectivity index (χ1v) is 7.20. The molecule has 0 saturated carbocycles. The third-order valence-electron chi connectivity index (χ3n) is 2.73. The van der Waals surface area contributed by atoms with Gasteiger partial charge in [-0.15, -0.1) is 0 Å². The fraction of sp³-hybridized carbons (Fsp3) is 0.462. The number of hydrogen-bond donors (Lipinski definition) is 1. The molecule has 0 aliphatic carbocycles. The van der Waals surface area contributed by atoms with Crippen LogP contribution >= 0.6 is 27.5 Å². The van der Waals surface area contributed by atoms with Gasteiger partial charge < -0.3 is 10.2 Å². The summed E-state index contributed by atoms with van der Waals surface area (Å²) in [5.74, 6) is -0.0923. The quantitative estimate of drug-likeness (QED) is 0.867. The lowest BCUT2D eigenvalue weighted by Gasteiger charge is -2.18. The maximum absolute atomic E-state index is 11.9. The van der Waals surface area contributed by atoms with Gasteiger partial charge in [0, 0.05) is 28.1 Å². The third-order valence-corrected chi connectivity index (χ3v) is 3.41. The number of carbonyl (C=O) groups excluding carboxylic acids is 1. The highest BCUT2D eigenvalue weighted by molar-refractivity contribution is 9.10. The molecule has 18 heavy (non-hydrogen) atoms. The first kappa shape index (κ1) is 15.5. The Balaban J connectivity index is 2.50. The van der Waals surface area contributed by atoms with Crippen molar-refractivity contribution < 1.29 is 4.79 Å². The van der Waals surface area contributed by atoms with E-state index < -0.39 is 0 Å². The van der Waals surface area contributed by atoms with Gasteiger partial charge in [-0.25, -0.2) is 0 Å². The Morgan fingerprint density at radius 1 is 1.33 bits per heavy atom. The molecule has 3 nitrogen and oxygen atoms in total. The summed E-state index contributed by atoms with van der Waals surface area (Å²) in [4.78, 5) is 14.2. The zero-order valence-electron chi connectivity index (χ0n) is 10.7. The van der Waals surface area contributed by atoms with Crippen molar-refractivity contribution in [2.45, 2.75) is 13.8 Å². The summed E-state index contributed by atoms with van der Waals surface area (Å²) in [7, 11) is 0. The minimum atomic E-state index is -0.0923. The lowest BCUT2D eigenvalue weighted by atomic mass is 10.2. The predicted octanol–water partition coefficient (Wildman–Crippen LogP) is 3.17. The molecule has 0 heterocycles. The Kier molecular flexibility index (Phi) is 6.68. The second kappa shape index (κ2) is 7.77. The first-order chi connectivity index (χ1) is 8.56. The van der Waals surface area contributed by atoms with Crippen molar-refractivity contribution in [3.8, 4) is 0 Å². The fourth-order valence-electron chi connectivity index (χ4n) is 1.65. The number of hydrogen-bond acceptors (Lipinski definition) is 2. The van der Waals surface area contributed by atoms with Crippen molar-refractivity contribution >= 4 is 33.4 Å². The van der Waals surface area contributed by atoms with Crippen molar-refractivity contribution in [1.82, 2.24) is 10.2 Å². The van der Waals surface area contributed by atoms with Crippen molar-refractivity contribution in [2.75, 3.05) is 26.2 Å². The van der Waals surface area contributed by atoms with Gasteiger partial charge >= 0.3 is 0 Å². The van der Waals surface area contributed by atoms with E-state index in [1.54, 1.807) is 18.2 Å². The number of carbonyl (C=O) groups is 1. The van der Waals surface area contributed by atoms with Crippen molar-refractivity contribution in [3.63, 3.8) is 0 Å². The second-order valence-corrected chi connectivity index (χ2v) is 5.29. The fourth-order valence-corrected chi connectivity index (χ4v) is 2.51. The number of nitrogens with zero attached hydrogens (tertiary/aromatic N) is 1. The predicted molar refractivity (Wildman–Crippen MR) is 79.3 cm³/mol. The largest absolute Gasteiger partial charge is 0.351 e. The number of likely N-dealkylation sites (N-methyl/N-ethyl adjacent to an activating group) is 1. The van der Waals surface area contributed by atoms with Gasteiger partial charge in [0.25, 0.3) is 5.91 Å². The van der Waals surface area contributed by atoms with Gasteiger partial charge in [-0.05, 0) is 31.3 Å². The lowest BCUT2D eigenvalue weighted by molar-refractivity contribution is 0.0949. The highest BCUT2D eigenvalue weighted by Crippen LogP contribution is 2.19. The van der Waals surface area contributed by atoms with E-state index in [9.17, 15) is 4.79 Å². The molecule has 1 rings (SSSR count). The molecule has 0 saturated heterocycles. The molecule has 0 radical (unpaired) electrons. The molecule has 5 heteroatoms. The number of amides is 1. The van der Waals surface area contributed by atoms with Gasteiger partial charge in [-0.2, -0.15) is 0 Å². The normalized spacial score (nSPS) is 10.7. The summed E-state index contributed by atoms with van der Waals surface area (Å²) in [6.07, 6.45) is 0. The van der Waals surface area contributed by atoms with Crippen LogP contribution in [0.4, 0.5) is 0 Å². The van der Waals surface area contributed by atoms with E-state index in [0.29, 0.717) is 17.1 Å². The average Bonchev–Trinajstić information content (AvgIpc) is 2.33. The summed E-state index contributed by atoms with van der Waals surface area (Å²) in [5.41, 5.74) is 0.578. The van der Waals surface area contributed by atoms with E-state index in [0.717, 1.165) is 24.1 Å². The van der Waals surface area contributed by atoms with Crippen LogP contribution < -0.4 is 5.32 Å². The van der Waals surface area contributed by atoms with Crippen LogP contribution in [0.25, 0.3) is 0 Å². The SMILES string of the molecule is CCN(CC)CCNC(=O)c1cc(Cl)cc(Br)c1. The summed E-state index contributed by atoms with van der Waals surface area (Å²) >= 11 is 9.23. The van der Waals surface area contributed by atoms with Crippen LogP contribution in [0, 0.1) is 0 Å². The van der Waals surface area contributed by atoms with Gasteiger partial charge in [0.2, 0.25) is 0 Å². The molecule has 0 unspecified atom stereocenters. The molecule has 1 aromatic carbocycles. The van der Waals surface area contributed by atoms with Gasteiger partial charge in [0.05, 0.1) is 0 Å². The lowest BCUT2D eigenvalue weighted by Crippen LogP contribution is -2.34. The van der Waals surface area contributed by atoms with Crippen LogP contribution in [-0.4, -0.2) is 37.0 Å². The van der Waals surface area contributed by atoms with E-state index in [1.807, 2.05) is 0 Å². The number of benzene rings is 1. The van der Waals surface area contributed by atoms with E-state index >= 15 is 0 Å². The second-order valence-electron chi connectivity index (χ2n) is 3.94. The first-order valence-electron chi connectivity index (χ1n) is 6.03. The summed E-state index contributed by atoms with van der Waals surface area (Å²) in [6.45, 7) is 7.72. The maximum Gasteiger partial charge on any atom is 0.251 e. The molecule has 1 amide bonds. The number of rotatable bonds is 6. The standard InChI is InChI=1S/C13H18BrClN2O/c1-3-17(4-2)6-5-16-13(18)10-7-11(14)9-12(15)8-10/h7-9H,3-6H2,1-2H3,(H,16,18). The van der Waals surface area contributed by atoms with Crippen molar-refractivity contribution in [3.05, 3.63) is 33.3 Å². The number of nitrogens with one attached hydrogen (secondary N) is 1. The summed E-state index contributed by atoms with van der Waals surface area (Å²) in [5, 5.41) is 3.45. The zero-order valence-corrected chi connectivity index (χ0v) is 13.0. The molecule has 1 N–H and O–H groups in total. The summed E-state index contributed by atoms with van der Waals surface area (Å²) in [6, 6.07) is 5.19. The Labute approximate surface area is 122 Å². The highest BCUT2D eigenvalue weighted by Gasteiger charge is 2.07. The molecule has 0 aliphatic rings. The van der Waals surface area contributed by atoms with Crippen LogP contribution in [0.15, 0.2) is 22.7 Å². The van der Waals surface area contributed by atoms with E-state index in [1.165, 1.54) is 0 Å². The summed E-state index contributed by atoms with van der Waals surface area (Å²) < 4.78 is 0.809. The van der Waals surface area contributed by atoms with Crippen LogP contribution in [-0.2, 0) is 0 Å². The molecule has 0 spiro atoms. The van der Waals surface area contributed by atoms with Gasteiger partial charge in [-0.1, -0.05) is 41.4 Å². The monoisotopic (exact) mass is 332 g/mol. The van der Waals surface area contributed by atoms with E-state index in [2.05, 4.69) is 40.0 Å².